The molecule has 0 spiro atoms. The second kappa shape index (κ2) is 10.2. The Hall–Kier alpha value is -4.51. The smallest absolute Gasteiger partial charge is 0.307 e. The number of fused-ring (bicyclic) bond motifs is 1. The Kier molecular flexibility index (Phi) is 7.07. The fourth-order valence-corrected chi connectivity index (χ4v) is 4.47. The van der Waals surface area contributed by atoms with Gasteiger partial charge in [0.1, 0.15) is 11.7 Å². The van der Waals surface area contributed by atoms with Gasteiger partial charge in [-0.2, -0.15) is 0 Å². The van der Waals surface area contributed by atoms with Crippen molar-refractivity contribution in [2.75, 3.05) is 19.9 Å². The number of imidazole rings is 1. The minimum Gasteiger partial charge on any atom is -0.469 e. The number of nitrogens with zero attached hydrogens (tertiary/aromatic N) is 2. The number of hydrogen-bond acceptors (Lipinski definition) is 7. The van der Waals surface area contributed by atoms with Crippen LogP contribution in [0.25, 0.3) is 28.1 Å². The van der Waals surface area contributed by atoms with E-state index in [0.717, 1.165) is 6.26 Å². The Balaban J connectivity index is 1.82. The van der Waals surface area contributed by atoms with E-state index < -0.39 is 15.8 Å². The van der Waals surface area contributed by atoms with E-state index in [1.165, 1.54) is 13.2 Å². The summed E-state index contributed by atoms with van der Waals surface area (Å²) in [5.74, 6) is -0.346. The van der Waals surface area contributed by atoms with E-state index >= 15 is 0 Å². The number of carbonyl (C=O) groups excluding carboxylic acids is 2. The third-order valence-electron chi connectivity index (χ3n) is 5.72. The quantitative estimate of drug-likeness (QED) is 0.183. The zero-order valence-electron chi connectivity index (χ0n) is 20.2. The molecule has 3 aromatic carbocycles. The summed E-state index contributed by atoms with van der Waals surface area (Å²) in [6.07, 6.45) is 1.20. The maximum atomic E-state index is 12.6. The summed E-state index contributed by atoms with van der Waals surface area (Å²) >= 11 is 0. The Morgan fingerprint density at radius 2 is 1.76 bits per heavy atom. The average Bonchev–Trinajstić information content (AvgIpc) is 3.27. The molecule has 37 heavy (non-hydrogen) atoms. The maximum Gasteiger partial charge on any atom is 0.307 e. The van der Waals surface area contributed by atoms with Crippen LogP contribution in [0.1, 0.15) is 22.3 Å². The van der Waals surface area contributed by atoms with Crippen molar-refractivity contribution in [3.63, 3.8) is 0 Å². The summed E-state index contributed by atoms with van der Waals surface area (Å²) < 4.78 is 30.8. The van der Waals surface area contributed by atoms with E-state index in [1.54, 1.807) is 60.7 Å². The van der Waals surface area contributed by atoms with Crippen molar-refractivity contribution in [3.8, 4) is 17.1 Å². The molecule has 0 saturated heterocycles. The fraction of sp³-hybridized carbons (Fsp3) is 0.154. The first kappa shape index (κ1) is 25.6. The topological polar surface area (TPSA) is 157 Å². The molecule has 0 atom stereocenters. The molecule has 1 amide bonds. The summed E-state index contributed by atoms with van der Waals surface area (Å²) in [5, 5.41) is 10.3. The number of benzene rings is 3. The van der Waals surface area contributed by atoms with E-state index in [1.807, 2.05) is 4.57 Å². The summed E-state index contributed by atoms with van der Waals surface area (Å²) in [4.78, 5) is 28.9. The minimum absolute atomic E-state index is 0.0518. The SMILES string of the molecule is COC(=O)CCNC(=O)c1ccc2c(c1)nc(-c1ccc(C(=N)N)cc1)n2-c1cccc(S(C)(=O)=O)c1. The molecule has 0 radical (unpaired) electrons. The van der Waals surface area contributed by atoms with Gasteiger partial charge in [-0.3, -0.25) is 19.6 Å². The molecule has 0 aliphatic heterocycles. The van der Waals surface area contributed by atoms with Crippen LogP contribution in [0.3, 0.4) is 0 Å². The molecule has 0 aliphatic carbocycles. The van der Waals surface area contributed by atoms with Crippen LogP contribution in [0.5, 0.6) is 0 Å². The van der Waals surface area contributed by atoms with Crippen LogP contribution >= 0.6 is 0 Å². The third kappa shape index (κ3) is 5.51. The number of esters is 1. The highest BCUT2D eigenvalue weighted by molar-refractivity contribution is 7.90. The molecule has 1 aromatic heterocycles. The molecule has 0 fully saturated rings. The van der Waals surface area contributed by atoms with Gasteiger partial charge in [-0.05, 0) is 36.4 Å². The lowest BCUT2D eigenvalue weighted by molar-refractivity contribution is -0.140. The van der Waals surface area contributed by atoms with Crippen LogP contribution in [-0.2, 0) is 19.4 Å². The number of amidine groups is 1. The third-order valence-corrected chi connectivity index (χ3v) is 6.83. The first-order valence-corrected chi connectivity index (χ1v) is 13.1. The lowest BCUT2D eigenvalue weighted by Crippen LogP contribution is -2.26. The zero-order chi connectivity index (χ0) is 26.7. The molecule has 0 saturated carbocycles. The Bertz CT molecular complexity index is 1630. The molecule has 4 rings (SSSR count). The molecule has 1 heterocycles. The van der Waals surface area contributed by atoms with Gasteiger partial charge in [0, 0.05) is 35.2 Å². The average molecular weight is 520 g/mol. The highest BCUT2D eigenvalue weighted by Gasteiger charge is 2.18. The molecular weight excluding hydrogens is 494 g/mol. The van der Waals surface area contributed by atoms with Gasteiger partial charge in [-0.25, -0.2) is 13.4 Å². The van der Waals surface area contributed by atoms with Gasteiger partial charge >= 0.3 is 5.97 Å². The van der Waals surface area contributed by atoms with Gasteiger partial charge in [-0.15, -0.1) is 0 Å². The van der Waals surface area contributed by atoms with E-state index in [0.29, 0.717) is 39.2 Å². The number of nitrogens with one attached hydrogen (secondary N) is 2. The Morgan fingerprint density at radius 3 is 2.41 bits per heavy atom. The van der Waals surface area contributed by atoms with E-state index in [9.17, 15) is 18.0 Å². The number of nitrogen functional groups attached to an aromatic ring is 1. The second-order valence-electron chi connectivity index (χ2n) is 8.32. The maximum absolute atomic E-state index is 12.6. The Labute approximate surface area is 213 Å². The predicted octanol–water partition coefficient (Wildman–Crippen LogP) is 2.67. The van der Waals surface area contributed by atoms with Crippen LogP contribution in [0, 0.1) is 5.41 Å². The lowest BCUT2D eigenvalue weighted by atomic mass is 10.1. The normalized spacial score (nSPS) is 11.3. The summed E-state index contributed by atoms with van der Waals surface area (Å²) in [5.41, 5.74) is 8.94. The molecule has 10 nitrogen and oxygen atoms in total. The van der Waals surface area contributed by atoms with E-state index in [2.05, 4.69) is 10.1 Å². The van der Waals surface area contributed by atoms with Crippen molar-refractivity contribution in [2.45, 2.75) is 11.3 Å². The number of nitrogens with two attached hydrogens (primary N) is 1. The molecule has 0 aliphatic rings. The van der Waals surface area contributed by atoms with Gasteiger partial charge in [0.05, 0.1) is 29.5 Å². The molecule has 0 bridgehead atoms. The van der Waals surface area contributed by atoms with Crippen molar-refractivity contribution < 1.29 is 22.7 Å². The highest BCUT2D eigenvalue weighted by atomic mass is 32.2. The number of ether oxygens (including phenoxy) is 1. The van der Waals surface area contributed by atoms with E-state index in [4.69, 9.17) is 16.1 Å². The highest BCUT2D eigenvalue weighted by Crippen LogP contribution is 2.30. The zero-order valence-corrected chi connectivity index (χ0v) is 21.0. The number of amides is 1. The van der Waals surface area contributed by atoms with Crippen LogP contribution in [0.2, 0.25) is 0 Å². The number of aromatic nitrogens is 2. The number of rotatable bonds is 8. The summed E-state index contributed by atoms with van der Waals surface area (Å²) in [7, 11) is -2.17. The van der Waals surface area contributed by atoms with Crippen molar-refractivity contribution in [1.82, 2.24) is 14.9 Å². The second-order valence-corrected chi connectivity index (χ2v) is 10.3. The first-order chi connectivity index (χ1) is 17.6. The molecular formula is C26H25N5O5S. The van der Waals surface area contributed by atoms with Crippen LogP contribution in [0.15, 0.2) is 71.6 Å². The number of sulfone groups is 1. The van der Waals surface area contributed by atoms with Crippen molar-refractivity contribution in [3.05, 3.63) is 77.9 Å². The van der Waals surface area contributed by atoms with Gasteiger partial charge in [0.2, 0.25) is 0 Å². The summed E-state index contributed by atoms with van der Waals surface area (Å²) in [6, 6.07) is 18.5. The monoisotopic (exact) mass is 519 g/mol. The predicted molar refractivity (Wildman–Crippen MR) is 140 cm³/mol. The van der Waals surface area contributed by atoms with Crippen molar-refractivity contribution in [1.29, 1.82) is 5.41 Å². The summed E-state index contributed by atoms with van der Waals surface area (Å²) in [6.45, 7) is 0.129. The minimum atomic E-state index is -3.45. The van der Waals surface area contributed by atoms with Gasteiger partial charge < -0.3 is 15.8 Å². The number of hydrogen-bond donors (Lipinski definition) is 3. The molecule has 4 aromatic rings. The molecule has 11 heteroatoms. The van der Waals surface area contributed by atoms with Crippen LogP contribution < -0.4 is 11.1 Å². The lowest BCUT2D eigenvalue weighted by Gasteiger charge is -2.11. The Morgan fingerprint density at radius 1 is 1.05 bits per heavy atom. The number of carbonyl (C=O) groups is 2. The van der Waals surface area contributed by atoms with Gasteiger partial charge in [0.15, 0.2) is 9.84 Å². The van der Waals surface area contributed by atoms with Gasteiger partial charge in [0.25, 0.3) is 5.91 Å². The first-order valence-electron chi connectivity index (χ1n) is 11.2. The largest absolute Gasteiger partial charge is 0.469 e. The van der Waals surface area contributed by atoms with Gasteiger partial charge in [-0.1, -0.05) is 30.3 Å². The van der Waals surface area contributed by atoms with Crippen molar-refractivity contribution >= 4 is 38.6 Å². The molecule has 0 unspecified atom stereocenters. The standard InChI is InChI=1S/C26H25N5O5S/c1-36-23(32)12-13-29-26(33)18-10-11-22-21(14-18)30-25(17-8-6-16(7-9-17)24(27)28)31(22)19-4-3-5-20(15-19)37(2,34)35/h3-11,14-15H,12-13H2,1-2H3,(H3,27,28)(H,29,33). The van der Waals surface area contributed by atoms with Crippen molar-refractivity contribution in [2.24, 2.45) is 5.73 Å². The molecule has 4 N–H and O–H groups in total. The number of methoxy groups -OCH3 is 1. The van der Waals surface area contributed by atoms with Crippen LogP contribution in [-0.4, -0.2) is 55.6 Å². The fourth-order valence-electron chi connectivity index (χ4n) is 3.81. The van der Waals surface area contributed by atoms with E-state index in [-0.39, 0.29) is 29.6 Å². The molecule has 190 valence electrons. The van der Waals surface area contributed by atoms with Crippen LogP contribution in [0.4, 0.5) is 0 Å².